The van der Waals surface area contributed by atoms with Crippen LogP contribution in [-0.4, -0.2) is 20.3 Å². The number of rotatable bonds is 8. The third kappa shape index (κ3) is 5.41. The van der Waals surface area contributed by atoms with E-state index in [2.05, 4.69) is 41.2 Å². The van der Waals surface area contributed by atoms with E-state index in [1.165, 1.54) is 5.56 Å². The largest absolute Gasteiger partial charge is 0.490 e. The van der Waals surface area contributed by atoms with Gasteiger partial charge in [0, 0.05) is 6.54 Å². The maximum absolute atomic E-state index is 5.87. The van der Waals surface area contributed by atoms with Gasteiger partial charge in [-0.3, -0.25) is 0 Å². The van der Waals surface area contributed by atoms with Gasteiger partial charge in [0.2, 0.25) is 0 Å². The zero-order valence-corrected chi connectivity index (χ0v) is 13.8. The van der Waals surface area contributed by atoms with Crippen LogP contribution in [0.15, 0.2) is 16.6 Å². The van der Waals surface area contributed by atoms with Crippen molar-refractivity contribution >= 4 is 15.9 Å². The molecule has 0 atom stereocenters. The maximum Gasteiger partial charge on any atom is 0.175 e. The third-order valence-electron chi connectivity index (χ3n) is 2.69. The fraction of sp³-hybridized carbons (Fsp3) is 0.600. The summed E-state index contributed by atoms with van der Waals surface area (Å²) in [7, 11) is 1.93. The van der Waals surface area contributed by atoms with Crippen molar-refractivity contribution < 1.29 is 9.47 Å². The first kappa shape index (κ1) is 16.3. The highest BCUT2D eigenvalue weighted by molar-refractivity contribution is 9.10. The van der Waals surface area contributed by atoms with Gasteiger partial charge in [0.05, 0.1) is 17.7 Å². The van der Waals surface area contributed by atoms with Crippen LogP contribution >= 0.6 is 15.9 Å². The summed E-state index contributed by atoms with van der Waals surface area (Å²) in [6, 6.07) is 4.11. The van der Waals surface area contributed by atoms with E-state index < -0.39 is 0 Å². The fourth-order valence-corrected chi connectivity index (χ4v) is 2.33. The summed E-state index contributed by atoms with van der Waals surface area (Å²) in [6.07, 6.45) is 1.04. The van der Waals surface area contributed by atoms with Gasteiger partial charge in [0.25, 0.3) is 0 Å². The standard InChI is InChI=1S/C15H24BrNO2/c1-5-18-14-9-12(10-17-4)8-13(16)15(14)19-7-6-11(2)3/h8-9,11,17H,5-7,10H2,1-4H3. The smallest absolute Gasteiger partial charge is 0.175 e. The second kappa shape index (κ2) is 8.43. The SMILES string of the molecule is CCOc1cc(CNC)cc(Br)c1OCCC(C)C. The quantitative estimate of drug-likeness (QED) is 0.782. The molecule has 0 aliphatic carbocycles. The van der Waals surface area contributed by atoms with Crippen molar-refractivity contribution in [2.24, 2.45) is 5.92 Å². The minimum absolute atomic E-state index is 0.635. The lowest BCUT2D eigenvalue weighted by atomic mass is 10.1. The molecule has 108 valence electrons. The monoisotopic (exact) mass is 329 g/mol. The van der Waals surface area contributed by atoms with Crippen molar-refractivity contribution in [3.05, 3.63) is 22.2 Å². The van der Waals surface area contributed by atoms with Crippen molar-refractivity contribution in [3.8, 4) is 11.5 Å². The molecule has 0 aliphatic heterocycles. The van der Waals surface area contributed by atoms with E-state index in [0.29, 0.717) is 19.1 Å². The number of benzene rings is 1. The average Bonchev–Trinajstić information content (AvgIpc) is 2.33. The molecular weight excluding hydrogens is 306 g/mol. The zero-order chi connectivity index (χ0) is 14.3. The Hall–Kier alpha value is -0.740. The van der Waals surface area contributed by atoms with Gasteiger partial charge in [-0.2, -0.15) is 0 Å². The molecule has 0 spiro atoms. The molecule has 0 amide bonds. The molecule has 1 aromatic carbocycles. The molecule has 0 fully saturated rings. The van der Waals surface area contributed by atoms with E-state index in [0.717, 1.165) is 28.9 Å². The first-order valence-corrected chi connectivity index (χ1v) is 7.60. The van der Waals surface area contributed by atoms with Crippen LogP contribution in [-0.2, 0) is 6.54 Å². The Morgan fingerprint density at radius 3 is 2.58 bits per heavy atom. The normalized spacial score (nSPS) is 10.8. The third-order valence-corrected chi connectivity index (χ3v) is 3.28. The topological polar surface area (TPSA) is 30.5 Å². The fourth-order valence-electron chi connectivity index (χ4n) is 1.73. The van der Waals surface area contributed by atoms with Crippen LogP contribution in [0.5, 0.6) is 11.5 Å². The van der Waals surface area contributed by atoms with Gasteiger partial charge in [-0.05, 0) is 59.9 Å². The Kier molecular flexibility index (Phi) is 7.24. The van der Waals surface area contributed by atoms with Crippen molar-refractivity contribution in [2.75, 3.05) is 20.3 Å². The van der Waals surface area contributed by atoms with E-state index in [1.807, 2.05) is 20.0 Å². The lowest BCUT2D eigenvalue weighted by Gasteiger charge is -2.16. The van der Waals surface area contributed by atoms with Gasteiger partial charge in [-0.1, -0.05) is 13.8 Å². The van der Waals surface area contributed by atoms with Crippen molar-refractivity contribution in [2.45, 2.75) is 33.7 Å². The summed E-state index contributed by atoms with van der Waals surface area (Å²) in [5, 5.41) is 3.14. The van der Waals surface area contributed by atoms with Crippen LogP contribution in [0.25, 0.3) is 0 Å². The molecule has 0 saturated carbocycles. The molecule has 0 unspecified atom stereocenters. The zero-order valence-electron chi connectivity index (χ0n) is 12.3. The molecule has 4 heteroatoms. The maximum atomic E-state index is 5.87. The Labute approximate surface area is 124 Å². The van der Waals surface area contributed by atoms with Gasteiger partial charge in [0.1, 0.15) is 0 Å². The Balaban J connectivity index is 2.87. The van der Waals surface area contributed by atoms with Crippen molar-refractivity contribution in [1.82, 2.24) is 5.32 Å². The van der Waals surface area contributed by atoms with Gasteiger partial charge < -0.3 is 14.8 Å². The van der Waals surface area contributed by atoms with Crippen LogP contribution in [0.4, 0.5) is 0 Å². The minimum atomic E-state index is 0.635. The first-order chi connectivity index (χ1) is 9.08. The van der Waals surface area contributed by atoms with E-state index in [-0.39, 0.29) is 0 Å². The molecule has 0 aromatic heterocycles. The van der Waals surface area contributed by atoms with Gasteiger partial charge in [0.15, 0.2) is 11.5 Å². The number of nitrogens with one attached hydrogen (secondary N) is 1. The van der Waals surface area contributed by atoms with Crippen LogP contribution < -0.4 is 14.8 Å². The van der Waals surface area contributed by atoms with Crippen molar-refractivity contribution in [3.63, 3.8) is 0 Å². The van der Waals surface area contributed by atoms with E-state index >= 15 is 0 Å². The van der Waals surface area contributed by atoms with Crippen molar-refractivity contribution in [1.29, 1.82) is 0 Å². The molecule has 19 heavy (non-hydrogen) atoms. The molecule has 3 nitrogen and oxygen atoms in total. The molecule has 0 saturated heterocycles. The first-order valence-electron chi connectivity index (χ1n) is 6.81. The molecule has 1 N–H and O–H groups in total. The summed E-state index contributed by atoms with van der Waals surface area (Å²) in [5.74, 6) is 2.26. The van der Waals surface area contributed by atoms with Gasteiger partial charge >= 0.3 is 0 Å². The van der Waals surface area contributed by atoms with Crippen LogP contribution in [0.2, 0.25) is 0 Å². The van der Waals surface area contributed by atoms with Gasteiger partial charge in [-0.15, -0.1) is 0 Å². The van der Waals surface area contributed by atoms with E-state index in [1.54, 1.807) is 0 Å². The molecular formula is C15H24BrNO2. The predicted octanol–water partition coefficient (Wildman–Crippen LogP) is 3.99. The minimum Gasteiger partial charge on any atom is -0.490 e. The molecule has 0 radical (unpaired) electrons. The number of halogens is 1. The molecule has 0 aliphatic rings. The Morgan fingerprint density at radius 1 is 1.26 bits per heavy atom. The van der Waals surface area contributed by atoms with E-state index in [4.69, 9.17) is 9.47 Å². The average molecular weight is 330 g/mol. The molecule has 1 rings (SSSR count). The second-order valence-electron chi connectivity index (χ2n) is 4.90. The molecule has 0 bridgehead atoms. The lowest BCUT2D eigenvalue weighted by molar-refractivity contribution is 0.259. The number of hydrogen-bond donors (Lipinski definition) is 1. The Morgan fingerprint density at radius 2 is 2.00 bits per heavy atom. The Bertz CT molecular complexity index is 394. The summed E-state index contributed by atoms with van der Waals surface area (Å²) in [6.45, 7) is 8.52. The molecule has 1 aromatic rings. The highest BCUT2D eigenvalue weighted by atomic mass is 79.9. The second-order valence-corrected chi connectivity index (χ2v) is 5.75. The summed E-state index contributed by atoms with van der Waals surface area (Å²) in [5.41, 5.74) is 1.18. The van der Waals surface area contributed by atoms with Crippen LogP contribution in [0, 0.1) is 5.92 Å². The highest BCUT2D eigenvalue weighted by Crippen LogP contribution is 2.37. The molecule has 0 heterocycles. The van der Waals surface area contributed by atoms with Crippen LogP contribution in [0.1, 0.15) is 32.8 Å². The summed E-state index contributed by atoms with van der Waals surface area (Å²) < 4.78 is 12.5. The highest BCUT2D eigenvalue weighted by Gasteiger charge is 2.12. The van der Waals surface area contributed by atoms with E-state index in [9.17, 15) is 0 Å². The van der Waals surface area contributed by atoms with Crippen LogP contribution in [0.3, 0.4) is 0 Å². The lowest BCUT2D eigenvalue weighted by Crippen LogP contribution is -2.08. The predicted molar refractivity (Wildman–Crippen MR) is 83.0 cm³/mol. The summed E-state index contributed by atoms with van der Waals surface area (Å²) >= 11 is 3.57. The van der Waals surface area contributed by atoms with Gasteiger partial charge in [-0.25, -0.2) is 0 Å². The number of ether oxygens (including phenoxy) is 2. The summed E-state index contributed by atoms with van der Waals surface area (Å²) in [4.78, 5) is 0. The number of hydrogen-bond acceptors (Lipinski definition) is 3.